The molecule has 0 N–H and O–H groups in total. The van der Waals surface area contributed by atoms with Crippen molar-refractivity contribution in [1.29, 1.82) is 0 Å². The third-order valence-corrected chi connectivity index (χ3v) is 4.92. The van der Waals surface area contributed by atoms with Gasteiger partial charge in [0.15, 0.2) is 0 Å². The molecule has 0 radical (unpaired) electrons. The lowest BCUT2D eigenvalue weighted by molar-refractivity contribution is 0.0572. The van der Waals surface area contributed by atoms with Gasteiger partial charge < -0.3 is 13.3 Å². The monoisotopic (exact) mass is 221 g/mol. The van der Waals surface area contributed by atoms with Gasteiger partial charge in [-0.3, -0.25) is 4.57 Å². The molecule has 0 aromatic carbocycles. The predicted octanol–water partition coefficient (Wildman–Crippen LogP) is 1.48. The maximum Gasteiger partial charge on any atom is 0.598 e. The van der Waals surface area contributed by atoms with Crippen LogP contribution in [0.15, 0.2) is 0 Å². The minimum Gasteiger partial charge on any atom is -0.364 e. The first-order valence-corrected chi connectivity index (χ1v) is 6.78. The number of rotatable bonds is 8. The first kappa shape index (κ1) is 14.1. The summed E-state index contributed by atoms with van der Waals surface area (Å²) in [5.41, 5.74) is 0. The van der Waals surface area contributed by atoms with Crippen molar-refractivity contribution < 1.29 is 13.3 Å². The van der Waals surface area contributed by atoms with E-state index in [1.165, 1.54) is 0 Å². The SMILES string of the molecule is CCCN(CCC)[Si](OC)(OC)OC. The standard InChI is InChI=1S/C9H23NO3Si/c1-6-8-10(9-7-2)14(11-3,12-4)13-5/h6-9H2,1-5H3. The van der Waals surface area contributed by atoms with Crippen molar-refractivity contribution in [1.82, 2.24) is 4.57 Å². The van der Waals surface area contributed by atoms with Gasteiger partial charge in [-0.05, 0) is 25.9 Å². The lowest BCUT2D eigenvalue weighted by Crippen LogP contribution is -2.59. The van der Waals surface area contributed by atoms with E-state index in [1.54, 1.807) is 21.3 Å². The average molecular weight is 221 g/mol. The molecule has 0 fully saturated rings. The van der Waals surface area contributed by atoms with E-state index < -0.39 is 8.97 Å². The normalized spacial score (nSPS) is 12.4. The van der Waals surface area contributed by atoms with E-state index in [0.717, 1.165) is 25.9 Å². The number of nitrogens with zero attached hydrogens (tertiary/aromatic N) is 1. The first-order chi connectivity index (χ1) is 6.70. The fraction of sp³-hybridized carbons (Fsp3) is 1.00. The Morgan fingerprint density at radius 1 is 0.857 bits per heavy atom. The fourth-order valence-electron chi connectivity index (χ4n) is 1.56. The highest BCUT2D eigenvalue weighted by Gasteiger charge is 2.45. The van der Waals surface area contributed by atoms with Gasteiger partial charge in [-0.2, -0.15) is 0 Å². The molecule has 0 aliphatic heterocycles. The van der Waals surface area contributed by atoms with Crippen LogP contribution in [-0.2, 0) is 13.3 Å². The maximum atomic E-state index is 5.42. The van der Waals surface area contributed by atoms with Gasteiger partial charge in [0, 0.05) is 21.3 Å². The summed E-state index contributed by atoms with van der Waals surface area (Å²) in [5, 5.41) is 0. The van der Waals surface area contributed by atoms with Gasteiger partial charge in [-0.1, -0.05) is 13.8 Å². The highest BCUT2D eigenvalue weighted by atomic mass is 28.4. The molecular weight excluding hydrogens is 198 g/mol. The van der Waals surface area contributed by atoms with Crippen molar-refractivity contribution in [2.75, 3.05) is 34.4 Å². The Morgan fingerprint density at radius 3 is 1.43 bits per heavy atom. The molecule has 0 bridgehead atoms. The summed E-state index contributed by atoms with van der Waals surface area (Å²) in [6, 6.07) is 0. The highest BCUT2D eigenvalue weighted by molar-refractivity contribution is 6.57. The molecule has 86 valence electrons. The zero-order valence-electron chi connectivity index (χ0n) is 10.0. The smallest absolute Gasteiger partial charge is 0.364 e. The Morgan fingerprint density at radius 2 is 1.21 bits per heavy atom. The van der Waals surface area contributed by atoms with Gasteiger partial charge in [-0.25, -0.2) is 0 Å². The molecule has 5 heteroatoms. The van der Waals surface area contributed by atoms with Crippen LogP contribution in [0.1, 0.15) is 26.7 Å². The van der Waals surface area contributed by atoms with Gasteiger partial charge in [-0.15, -0.1) is 0 Å². The molecule has 0 unspecified atom stereocenters. The second-order valence-corrected chi connectivity index (χ2v) is 6.03. The summed E-state index contributed by atoms with van der Waals surface area (Å²) in [5.74, 6) is 0. The summed E-state index contributed by atoms with van der Waals surface area (Å²) < 4.78 is 18.5. The summed E-state index contributed by atoms with van der Waals surface area (Å²) in [7, 11) is 2.40. The zero-order chi connectivity index (χ0) is 11.0. The molecule has 0 spiro atoms. The average Bonchev–Trinajstić information content (AvgIpc) is 2.22. The molecule has 0 rings (SSSR count). The Hall–Kier alpha value is 0.0569. The van der Waals surface area contributed by atoms with Crippen LogP contribution >= 0.6 is 0 Å². The van der Waals surface area contributed by atoms with E-state index in [2.05, 4.69) is 18.4 Å². The summed E-state index contributed by atoms with van der Waals surface area (Å²) in [6.45, 7) is 6.19. The quantitative estimate of drug-likeness (QED) is 0.581. The summed E-state index contributed by atoms with van der Waals surface area (Å²) in [4.78, 5) is 0. The molecule has 0 heterocycles. The van der Waals surface area contributed by atoms with Crippen molar-refractivity contribution in [3.05, 3.63) is 0 Å². The van der Waals surface area contributed by atoms with Crippen molar-refractivity contribution in [3.8, 4) is 0 Å². The van der Waals surface area contributed by atoms with E-state index in [1.807, 2.05) is 0 Å². The fourth-order valence-corrected chi connectivity index (χ4v) is 3.83. The molecule has 4 nitrogen and oxygen atoms in total. The number of hydrogen-bond donors (Lipinski definition) is 0. The molecule has 0 aliphatic rings. The third kappa shape index (κ3) is 3.32. The Labute approximate surface area is 88.6 Å². The number of hydrogen-bond acceptors (Lipinski definition) is 4. The molecule has 0 amide bonds. The molecule has 0 aliphatic carbocycles. The highest BCUT2D eigenvalue weighted by Crippen LogP contribution is 2.13. The molecule has 0 aromatic heterocycles. The molecule has 14 heavy (non-hydrogen) atoms. The minimum absolute atomic E-state index is 0.954. The van der Waals surface area contributed by atoms with Crippen LogP contribution in [0.3, 0.4) is 0 Å². The van der Waals surface area contributed by atoms with Crippen LogP contribution < -0.4 is 0 Å². The summed E-state index contributed by atoms with van der Waals surface area (Å²) in [6.07, 6.45) is 2.15. The second kappa shape index (κ2) is 7.36. The minimum atomic E-state index is -2.56. The van der Waals surface area contributed by atoms with Gasteiger partial charge >= 0.3 is 8.97 Å². The van der Waals surface area contributed by atoms with Gasteiger partial charge in [0.05, 0.1) is 0 Å². The molecule has 0 saturated carbocycles. The molecular formula is C9H23NO3Si. The van der Waals surface area contributed by atoms with Crippen LogP contribution in [0.25, 0.3) is 0 Å². The molecule has 0 aromatic rings. The first-order valence-electron chi connectivity index (χ1n) is 5.11. The van der Waals surface area contributed by atoms with Crippen molar-refractivity contribution in [2.24, 2.45) is 0 Å². The van der Waals surface area contributed by atoms with Crippen molar-refractivity contribution in [2.45, 2.75) is 26.7 Å². The predicted molar refractivity (Wildman–Crippen MR) is 58.9 cm³/mol. The Balaban J connectivity index is 4.52. The van der Waals surface area contributed by atoms with Gasteiger partial charge in [0.25, 0.3) is 0 Å². The Kier molecular flexibility index (Phi) is 7.39. The largest absolute Gasteiger partial charge is 0.598 e. The van der Waals surface area contributed by atoms with Gasteiger partial charge in [0.1, 0.15) is 0 Å². The lowest BCUT2D eigenvalue weighted by Gasteiger charge is -2.34. The molecule has 0 atom stereocenters. The molecule has 0 saturated heterocycles. The van der Waals surface area contributed by atoms with Crippen LogP contribution in [0.5, 0.6) is 0 Å². The van der Waals surface area contributed by atoms with Crippen LogP contribution in [0.2, 0.25) is 0 Å². The van der Waals surface area contributed by atoms with Crippen LogP contribution in [0.4, 0.5) is 0 Å². The Bertz CT molecular complexity index is 128. The van der Waals surface area contributed by atoms with Crippen LogP contribution in [-0.4, -0.2) is 48.0 Å². The third-order valence-electron chi connectivity index (χ3n) is 2.15. The van der Waals surface area contributed by atoms with E-state index in [0.29, 0.717) is 0 Å². The van der Waals surface area contributed by atoms with Crippen molar-refractivity contribution >= 4 is 8.97 Å². The van der Waals surface area contributed by atoms with Crippen LogP contribution in [0, 0.1) is 0 Å². The van der Waals surface area contributed by atoms with E-state index in [-0.39, 0.29) is 0 Å². The topological polar surface area (TPSA) is 30.9 Å². The lowest BCUT2D eigenvalue weighted by atomic mass is 10.4. The summed E-state index contributed by atoms with van der Waals surface area (Å²) >= 11 is 0. The van der Waals surface area contributed by atoms with Crippen molar-refractivity contribution in [3.63, 3.8) is 0 Å². The second-order valence-electron chi connectivity index (χ2n) is 3.12. The maximum absolute atomic E-state index is 5.42. The van der Waals surface area contributed by atoms with Gasteiger partial charge in [0.2, 0.25) is 0 Å². The van der Waals surface area contributed by atoms with E-state index in [9.17, 15) is 0 Å². The van der Waals surface area contributed by atoms with E-state index >= 15 is 0 Å². The van der Waals surface area contributed by atoms with E-state index in [4.69, 9.17) is 13.3 Å². The zero-order valence-corrected chi connectivity index (χ0v) is 11.0.